The third-order valence-electron chi connectivity index (χ3n) is 2.03. The number of carbonyl (C=O) groups is 1. The molecule has 1 aromatic carbocycles. The molecule has 0 bridgehead atoms. The highest BCUT2D eigenvalue weighted by molar-refractivity contribution is 5.89. The van der Waals surface area contributed by atoms with E-state index in [1.54, 1.807) is 24.3 Å². The van der Waals surface area contributed by atoms with Gasteiger partial charge in [-0.1, -0.05) is 25.1 Å². The Balaban J connectivity index is 3.11. The molecule has 13 heavy (non-hydrogen) atoms. The van der Waals surface area contributed by atoms with Gasteiger partial charge in [0.25, 0.3) is 0 Å². The molecule has 70 valence electrons. The second-order valence-electron chi connectivity index (χ2n) is 2.91. The number of carboxylic acid groups (broad SMARTS) is 1. The largest absolute Gasteiger partial charge is 0.478 e. The molecule has 1 rings (SSSR count). The van der Waals surface area contributed by atoms with Gasteiger partial charge in [-0.3, -0.25) is 0 Å². The van der Waals surface area contributed by atoms with Crippen molar-refractivity contribution in [3.63, 3.8) is 0 Å². The van der Waals surface area contributed by atoms with E-state index >= 15 is 0 Å². The molecule has 1 unspecified atom stereocenters. The minimum Gasteiger partial charge on any atom is -0.478 e. The van der Waals surface area contributed by atoms with E-state index in [0.29, 0.717) is 11.1 Å². The highest BCUT2D eigenvalue weighted by atomic mass is 16.4. The van der Waals surface area contributed by atoms with E-state index in [0.717, 1.165) is 6.42 Å². The molecule has 3 N–H and O–H groups in total. The minimum absolute atomic E-state index is 0.188. The van der Waals surface area contributed by atoms with Crippen molar-refractivity contribution < 1.29 is 9.90 Å². The quantitative estimate of drug-likeness (QED) is 0.743. The highest BCUT2D eigenvalue weighted by Crippen LogP contribution is 2.18. The van der Waals surface area contributed by atoms with Crippen LogP contribution in [0, 0.1) is 0 Å². The molecule has 0 heterocycles. The van der Waals surface area contributed by atoms with Crippen molar-refractivity contribution in [2.75, 3.05) is 0 Å². The number of hydrogen-bond acceptors (Lipinski definition) is 2. The van der Waals surface area contributed by atoms with Crippen molar-refractivity contribution in [3.05, 3.63) is 35.4 Å². The molecule has 0 spiro atoms. The molecule has 0 saturated heterocycles. The topological polar surface area (TPSA) is 63.3 Å². The Hall–Kier alpha value is -1.35. The lowest BCUT2D eigenvalue weighted by molar-refractivity contribution is 0.0695. The molecule has 3 heteroatoms. The maximum atomic E-state index is 10.8. The zero-order valence-corrected chi connectivity index (χ0v) is 7.53. The molecule has 1 aromatic rings. The highest BCUT2D eigenvalue weighted by Gasteiger charge is 2.12. The van der Waals surface area contributed by atoms with E-state index < -0.39 is 5.97 Å². The summed E-state index contributed by atoms with van der Waals surface area (Å²) in [6.45, 7) is 1.93. The Morgan fingerprint density at radius 3 is 2.69 bits per heavy atom. The molecule has 3 nitrogen and oxygen atoms in total. The van der Waals surface area contributed by atoms with Crippen molar-refractivity contribution in [2.45, 2.75) is 19.4 Å². The summed E-state index contributed by atoms with van der Waals surface area (Å²) < 4.78 is 0. The average Bonchev–Trinajstić information content (AvgIpc) is 2.16. The van der Waals surface area contributed by atoms with Crippen LogP contribution in [-0.4, -0.2) is 11.1 Å². The molecule has 0 amide bonds. The van der Waals surface area contributed by atoms with Crippen LogP contribution in [0.5, 0.6) is 0 Å². The standard InChI is InChI=1S/C10H13NO2/c1-2-9(11)7-5-3-4-6-8(7)10(12)13/h3-6,9H,2,11H2,1H3,(H,12,13). The van der Waals surface area contributed by atoms with Crippen LogP contribution in [0.1, 0.15) is 35.3 Å². The molecular weight excluding hydrogens is 166 g/mol. The monoisotopic (exact) mass is 179 g/mol. The van der Waals surface area contributed by atoms with Gasteiger partial charge in [-0.2, -0.15) is 0 Å². The number of hydrogen-bond donors (Lipinski definition) is 2. The van der Waals surface area contributed by atoms with E-state index in [1.807, 2.05) is 6.92 Å². The molecule has 1 atom stereocenters. The van der Waals surface area contributed by atoms with Crippen LogP contribution in [0.2, 0.25) is 0 Å². The Labute approximate surface area is 77.2 Å². The van der Waals surface area contributed by atoms with Gasteiger partial charge in [0.2, 0.25) is 0 Å². The summed E-state index contributed by atoms with van der Waals surface area (Å²) in [6.07, 6.45) is 0.740. The van der Waals surface area contributed by atoms with Crippen molar-refractivity contribution in [3.8, 4) is 0 Å². The molecule has 0 aliphatic heterocycles. The van der Waals surface area contributed by atoms with Gasteiger partial charge in [-0.15, -0.1) is 0 Å². The van der Waals surface area contributed by atoms with E-state index in [1.165, 1.54) is 0 Å². The summed E-state index contributed by atoms with van der Waals surface area (Å²) in [5.74, 6) is -0.917. The predicted octanol–water partition coefficient (Wildman–Crippen LogP) is 1.79. The molecule has 0 aliphatic rings. The van der Waals surface area contributed by atoms with E-state index in [4.69, 9.17) is 10.8 Å². The fourth-order valence-electron chi connectivity index (χ4n) is 1.24. The average molecular weight is 179 g/mol. The van der Waals surface area contributed by atoms with Gasteiger partial charge in [-0.25, -0.2) is 4.79 Å². The molecular formula is C10H13NO2. The van der Waals surface area contributed by atoms with Crippen molar-refractivity contribution in [1.82, 2.24) is 0 Å². The van der Waals surface area contributed by atoms with Gasteiger partial charge in [-0.05, 0) is 18.1 Å². The fraction of sp³-hybridized carbons (Fsp3) is 0.300. The Morgan fingerprint density at radius 2 is 2.15 bits per heavy atom. The first-order chi connectivity index (χ1) is 6.16. The van der Waals surface area contributed by atoms with Crippen LogP contribution in [0.3, 0.4) is 0 Å². The minimum atomic E-state index is -0.917. The van der Waals surface area contributed by atoms with E-state index in [-0.39, 0.29) is 6.04 Å². The van der Waals surface area contributed by atoms with Crippen molar-refractivity contribution in [2.24, 2.45) is 5.73 Å². The lowest BCUT2D eigenvalue weighted by Crippen LogP contribution is -2.13. The van der Waals surface area contributed by atoms with E-state index in [9.17, 15) is 4.79 Å². The number of nitrogens with two attached hydrogens (primary N) is 1. The number of rotatable bonds is 3. The van der Waals surface area contributed by atoms with Gasteiger partial charge < -0.3 is 10.8 Å². The summed E-state index contributed by atoms with van der Waals surface area (Å²) in [5, 5.41) is 8.85. The predicted molar refractivity (Wildman–Crippen MR) is 50.6 cm³/mol. The van der Waals surface area contributed by atoms with Crippen LogP contribution in [-0.2, 0) is 0 Å². The number of aromatic carboxylic acids is 1. The summed E-state index contributed by atoms with van der Waals surface area (Å²) in [6, 6.07) is 6.66. The lowest BCUT2D eigenvalue weighted by atomic mass is 9.99. The second kappa shape index (κ2) is 4.05. The van der Waals surface area contributed by atoms with Crippen LogP contribution in [0.15, 0.2) is 24.3 Å². The van der Waals surface area contributed by atoms with Crippen LogP contribution in [0.25, 0.3) is 0 Å². The maximum Gasteiger partial charge on any atom is 0.336 e. The molecule has 0 radical (unpaired) electrons. The van der Waals surface area contributed by atoms with Gasteiger partial charge in [0.05, 0.1) is 5.56 Å². The Bertz CT molecular complexity index is 310. The molecule has 0 saturated carbocycles. The SMILES string of the molecule is CCC(N)c1ccccc1C(=O)O. The van der Waals surface area contributed by atoms with Crippen molar-refractivity contribution in [1.29, 1.82) is 0 Å². The molecule has 0 aromatic heterocycles. The third-order valence-corrected chi connectivity index (χ3v) is 2.03. The van der Waals surface area contributed by atoms with Crippen LogP contribution < -0.4 is 5.73 Å². The van der Waals surface area contributed by atoms with Gasteiger partial charge in [0.1, 0.15) is 0 Å². The van der Waals surface area contributed by atoms with Crippen molar-refractivity contribution >= 4 is 5.97 Å². The van der Waals surface area contributed by atoms with Gasteiger partial charge in [0.15, 0.2) is 0 Å². The lowest BCUT2D eigenvalue weighted by Gasteiger charge is -2.11. The smallest absolute Gasteiger partial charge is 0.336 e. The first-order valence-electron chi connectivity index (χ1n) is 4.24. The summed E-state index contributed by atoms with van der Waals surface area (Å²) in [5.41, 5.74) is 6.78. The fourth-order valence-corrected chi connectivity index (χ4v) is 1.24. The summed E-state index contributed by atoms with van der Waals surface area (Å²) in [7, 11) is 0. The zero-order chi connectivity index (χ0) is 9.84. The van der Waals surface area contributed by atoms with Crippen LogP contribution in [0.4, 0.5) is 0 Å². The van der Waals surface area contributed by atoms with Gasteiger partial charge >= 0.3 is 5.97 Å². The number of benzene rings is 1. The first kappa shape index (κ1) is 9.74. The van der Waals surface area contributed by atoms with Crippen LogP contribution >= 0.6 is 0 Å². The Morgan fingerprint density at radius 1 is 1.54 bits per heavy atom. The third kappa shape index (κ3) is 2.06. The molecule has 0 fully saturated rings. The van der Waals surface area contributed by atoms with E-state index in [2.05, 4.69) is 0 Å². The summed E-state index contributed by atoms with van der Waals surface area (Å²) >= 11 is 0. The summed E-state index contributed by atoms with van der Waals surface area (Å²) in [4.78, 5) is 10.8. The second-order valence-corrected chi connectivity index (χ2v) is 2.91. The first-order valence-corrected chi connectivity index (χ1v) is 4.24. The molecule has 0 aliphatic carbocycles. The zero-order valence-electron chi connectivity index (χ0n) is 7.53. The number of carboxylic acids is 1. The van der Waals surface area contributed by atoms with Gasteiger partial charge in [0, 0.05) is 6.04 Å². The Kier molecular flexibility index (Phi) is 3.03. The maximum absolute atomic E-state index is 10.8. The normalized spacial score (nSPS) is 12.5.